The first-order valence-electron chi connectivity index (χ1n) is 8.88. The van der Waals surface area contributed by atoms with Crippen LogP contribution in [0.1, 0.15) is 24.3 Å². The minimum atomic E-state index is -0.387. The molecule has 0 amide bonds. The van der Waals surface area contributed by atoms with Gasteiger partial charge in [-0.05, 0) is 42.5 Å². The Kier molecular flexibility index (Phi) is 3.46. The first-order chi connectivity index (χ1) is 12.3. The van der Waals surface area contributed by atoms with Crippen molar-refractivity contribution in [2.75, 3.05) is 18.4 Å². The number of aliphatic hydroxyl groups excluding tert-OH is 1. The Bertz CT molecular complexity index is 917. The van der Waals surface area contributed by atoms with Gasteiger partial charge in [0.05, 0.1) is 29.7 Å². The van der Waals surface area contributed by atoms with Gasteiger partial charge in [-0.1, -0.05) is 12.1 Å². The van der Waals surface area contributed by atoms with E-state index < -0.39 is 0 Å². The van der Waals surface area contributed by atoms with Crippen LogP contribution in [0.3, 0.4) is 0 Å². The van der Waals surface area contributed by atoms with Gasteiger partial charge >= 0.3 is 0 Å². The maximum atomic E-state index is 9.97. The summed E-state index contributed by atoms with van der Waals surface area (Å²) in [5.74, 6) is 1.48. The molecule has 1 saturated heterocycles. The van der Waals surface area contributed by atoms with Crippen molar-refractivity contribution in [1.82, 2.24) is 19.7 Å². The molecule has 0 bridgehead atoms. The van der Waals surface area contributed by atoms with Crippen molar-refractivity contribution in [2.45, 2.75) is 30.9 Å². The Labute approximate surface area is 145 Å². The van der Waals surface area contributed by atoms with Gasteiger partial charge in [-0.15, -0.1) is 0 Å². The lowest BCUT2D eigenvalue weighted by atomic mass is 10.2. The number of pyridine rings is 2. The summed E-state index contributed by atoms with van der Waals surface area (Å²) in [4.78, 5) is 9.26. The smallest absolute Gasteiger partial charge is 0.137 e. The van der Waals surface area contributed by atoms with E-state index in [1.807, 2.05) is 24.4 Å². The highest BCUT2D eigenvalue weighted by molar-refractivity contribution is 5.62. The van der Waals surface area contributed by atoms with Gasteiger partial charge in [0, 0.05) is 19.3 Å². The molecule has 6 heteroatoms. The highest BCUT2D eigenvalue weighted by Gasteiger charge is 2.25. The van der Waals surface area contributed by atoms with Crippen molar-refractivity contribution in [1.29, 1.82) is 0 Å². The molecule has 0 radical (unpaired) electrons. The fraction of sp³-hybridized carbons (Fsp3) is 0.368. The van der Waals surface area contributed by atoms with Crippen LogP contribution in [0.4, 0.5) is 5.82 Å². The van der Waals surface area contributed by atoms with Crippen molar-refractivity contribution < 1.29 is 5.11 Å². The summed E-state index contributed by atoms with van der Waals surface area (Å²) < 4.78 is 2.13. The van der Waals surface area contributed by atoms with Crippen molar-refractivity contribution in [2.24, 2.45) is 0 Å². The van der Waals surface area contributed by atoms with Crippen LogP contribution in [0.2, 0.25) is 0 Å². The zero-order valence-corrected chi connectivity index (χ0v) is 13.9. The molecule has 25 heavy (non-hydrogen) atoms. The van der Waals surface area contributed by atoms with E-state index in [2.05, 4.69) is 38.3 Å². The second kappa shape index (κ2) is 5.82. The number of nitrogens with zero attached hydrogens (tertiary/aromatic N) is 3. The zero-order valence-electron chi connectivity index (χ0n) is 13.9. The fourth-order valence-corrected chi connectivity index (χ4v) is 3.50. The molecular weight excluding hydrogens is 314 g/mol. The molecule has 2 aliphatic rings. The van der Waals surface area contributed by atoms with Crippen LogP contribution in [0.5, 0.6) is 0 Å². The number of imidazole rings is 1. The Balaban J connectivity index is 1.49. The lowest BCUT2D eigenvalue weighted by molar-refractivity contribution is 0.185. The average molecular weight is 335 g/mol. The number of anilines is 1. The predicted octanol–water partition coefficient (Wildman–Crippen LogP) is 2.02. The third-order valence-electron chi connectivity index (χ3n) is 5.10. The highest BCUT2D eigenvalue weighted by Crippen LogP contribution is 2.40. The van der Waals surface area contributed by atoms with Crippen LogP contribution in [0.25, 0.3) is 17.0 Å². The predicted molar refractivity (Wildman–Crippen MR) is 96.7 cm³/mol. The van der Waals surface area contributed by atoms with Crippen molar-refractivity contribution in [3.05, 3.63) is 48.3 Å². The standard InChI is InChI=1S/C19H21N5O/c25-17-10-20-8-15(17)23-18-3-1-2-14(22-18)16-9-21-19-7-6-13(11-24(16)19)12-4-5-12/h1-3,6-7,9,11-12,15,17,20,25H,4-5,8,10H2,(H,22,23). The van der Waals surface area contributed by atoms with Gasteiger partial charge in [0.2, 0.25) is 0 Å². The molecule has 128 valence electrons. The van der Waals surface area contributed by atoms with E-state index in [-0.39, 0.29) is 12.1 Å². The molecule has 0 aromatic carbocycles. The number of nitrogens with one attached hydrogen (secondary N) is 2. The van der Waals surface area contributed by atoms with Crippen LogP contribution in [0, 0.1) is 0 Å². The molecule has 1 aliphatic carbocycles. The molecule has 0 spiro atoms. The van der Waals surface area contributed by atoms with E-state index in [1.165, 1.54) is 18.4 Å². The average Bonchev–Trinajstić information content (AvgIpc) is 3.28. The number of hydrogen-bond acceptors (Lipinski definition) is 5. The van der Waals surface area contributed by atoms with Crippen LogP contribution in [0.15, 0.2) is 42.7 Å². The molecule has 1 saturated carbocycles. The number of β-amino-alcohol motifs (C(OH)–C–C–N with tert-alkyl or cyclic N) is 1. The number of rotatable bonds is 4. The molecule has 4 heterocycles. The maximum Gasteiger partial charge on any atom is 0.137 e. The molecule has 1 aliphatic heterocycles. The van der Waals surface area contributed by atoms with Gasteiger partial charge in [-0.25, -0.2) is 9.97 Å². The van der Waals surface area contributed by atoms with E-state index >= 15 is 0 Å². The van der Waals surface area contributed by atoms with E-state index in [9.17, 15) is 5.11 Å². The largest absolute Gasteiger partial charge is 0.390 e. The highest BCUT2D eigenvalue weighted by atomic mass is 16.3. The minimum absolute atomic E-state index is 0.00796. The fourth-order valence-electron chi connectivity index (χ4n) is 3.50. The second-order valence-corrected chi connectivity index (χ2v) is 6.99. The van der Waals surface area contributed by atoms with E-state index in [0.717, 1.165) is 29.4 Å². The summed E-state index contributed by atoms with van der Waals surface area (Å²) in [5.41, 5.74) is 4.19. The normalized spacial score (nSPS) is 23.2. The minimum Gasteiger partial charge on any atom is -0.390 e. The first kappa shape index (κ1) is 14.9. The third kappa shape index (κ3) is 2.77. The van der Waals surface area contributed by atoms with Gasteiger partial charge in [0.1, 0.15) is 11.5 Å². The third-order valence-corrected chi connectivity index (χ3v) is 5.10. The van der Waals surface area contributed by atoms with Crippen LogP contribution in [-0.2, 0) is 0 Å². The van der Waals surface area contributed by atoms with E-state index in [0.29, 0.717) is 12.5 Å². The molecule has 3 aromatic rings. The Hall–Kier alpha value is -2.44. The van der Waals surface area contributed by atoms with Crippen LogP contribution in [-0.4, -0.2) is 44.7 Å². The monoisotopic (exact) mass is 335 g/mol. The quantitative estimate of drug-likeness (QED) is 0.680. The number of fused-ring (bicyclic) bond motifs is 1. The van der Waals surface area contributed by atoms with Gasteiger partial charge in [-0.3, -0.25) is 4.40 Å². The Morgan fingerprint density at radius 2 is 2.08 bits per heavy atom. The van der Waals surface area contributed by atoms with Gasteiger partial charge < -0.3 is 15.7 Å². The van der Waals surface area contributed by atoms with Crippen LogP contribution < -0.4 is 10.6 Å². The summed E-state index contributed by atoms with van der Waals surface area (Å²) in [6, 6.07) is 10.2. The van der Waals surface area contributed by atoms with Crippen molar-refractivity contribution in [3.63, 3.8) is 0 Å². The van der Waals surface area contributed by atoms with Crippen LogP contribution >= 0.6 is 0 Å². The molecule has 3 aromatic heterocycles. The molecule has 2 fully saturated rings. The number of aromatic nitrogens is 3. The van der Waals surface area contributed by atoms with Gasteiger partial charge in [0.15, 0.2) is 0 Å². The summed E-state index contributed by atoms with van der Waals surface area (Å²) >= 11 is 0. The summed E-state index contributed by atoms with van der Waals surface area (Å²) in [7, 11) is 0. The molecule has 2 unspecified atom stereocenters. The van der Waals surface area contributed by atoms with E-state index in [4.69, 9.17) is 4.98 Å². The van der Waals surface area contributed by atoms with Crippen molar-refractivity contribution >= 4 is 11.5 Å². The second-order valence-electron chi connectivity index (χ2n) is 6.99. The van der Waals surface area contributed by atoms with Gasteiger partial charge in [-0.2, -0.15) is 0 Å². The SMILES string of the molecule is OC1CNCC1Nc1cccc(-c2cnc3ccc(C4CC4)cn23)n1. The number of aliphatic hydroxyl groups is 1. The Morgan fingerprint density at radius 3 is 2.88 bits per heavy atom. The van der Waals surface area contributed by atoms with Crippen molar-refractivity contribution in [3.8, 4) is 11.4 Å². The first-order valence-corrected chi connectivity index (χ1v) is 8.88. The van der Waals surface area contributed by atoms with E-state index in [1.54, 1.807) is 0 Å². The molecular formula is C19H21N5O. The lowest BCUT2D eigenvalue weighted by Gasteiger charge is -2.16. The maximum absolute atomic E-state index is 9.97. The molecule has 5 rings (SSSR count). The number of hydrogen-bond donors (Lipinski definition) is 3. The molecule has 3 N–H and O–H groups in total. The Morgan fingerprint density at radius 1 is 1.16 bits per heavy atom. The summed E-state index contributed by atoms with van der Waals surface area (Å²) in [5, 5.41) is 16.5. The summed E-state index contributed by atoms with van der Waals surface area (Å²) in [6.07, 6.45) is 6.25. The summed E-state index contributed by atoms with van der Waals surface area (Å²) in [6.45, 7) is 1.36. The lowest BCUT2D eigenvalue weighted by Crippen LogP contribution is -2.32. The van der Waals surface area contributed by atoms with Gasteiger partial charge in [0.25, 0.3) is 0 Å². The zero-order chi connectivity index (χ0) is 16.8. The topological polar surface area (TPSA) is 74.5 Å². The molecule has 2 atom stereocenters. The molecule has 6 nitrogen and oxygen atoms in total.